The molecular formula is C18H14Cl2F2N2O. The van der Waals surface area contributed by atoms with Crippen molar-refractivity contribution in [3.63, 3.8) is 0 Å². The molecule has 0 bridgehead atoms. The molecule has 25 heavy (non-hydrogen) atoms. The van der Waals surface area contributed by atoms with Crippen LogP contribution in [0.3, 0.4) is 0 Å². The number of alkyl halides is 1. The van der Waals surface area contributed by atoms with Crippen molar-refractivity contribution in [1.29, 1.82) is 0 Å². The number of hydrogen-bond acceptors (Lipinski definition) is 2. The van der Waals surface area contributed by atoms with Crippen LogP contribution in [0.15, 0.2) is 37.0 Å². The Bertz CT molecular complexity index is 849. The Morgan fingerprint density at radius 2 is 2.16 bits per heavy atom. The molecule has 2 aromatic rings. The Hall–Kier alpha value is -1.98. The summed E-state index contributed by atoms with van der Waals surface area (Å²) in [5.74, 6) is -1.52. The molecule has 130 valence electrons. The van der Waals surface area contributed by atoms with Gasteiger partial charge in [-0.1, -0.05) is 35.8 Å². The first-order chi connectivity index (χ1) is 11.8. The van der Waals surface area contributed by atoms with Crippen molar-refractivity contribution in [3.8, 4) is 0 Å². The van der Waals surface area contributed by atoms with Gasteiger partial charge in [0.2, 0.25) is 5.67 Å². The number of fused-ring (bicyclic) bond motifs is 1. The van der Waals surface area contributed by atoms with Crippen LogP contribution in [-0.4, -0.2) is 10.9 Å². The average Bonchev–Trinajstić information content (AvgIpc) is 2.57. The number of benzene rings is 1. The normalized spacial score (nSPS) is 19.4. The molecule has 1 aliphatic rings. The number of carbonyl (C=O) groups is 1. The highest BCUT2D eigenvalue weighted by molar-refractivity contribution is 6.35. The zero-order valence-electron chi connectivity index (χ0n) is 13.1. The van der Waals surface area contributed by atoms with Crippen LogP contribution in [0.2, 0.25) is 10.0 Å². The molecule has 0 fully saturated rings. The fraction of sp³-hybridized carbons (Fsp3) is 0.222. The summed E-state index contributed by atoms with van der Waals surface area (Å²) in [6.45, 7) is 3.62. The number of nitrogens with one attached hydrogen (secondary N) is 1. The lowest BCUT2D eigenvalue weighted by atomic mass is 9.80. The van der Waals surface area contributed by atoms with E-state index >= 15 is 4.39 Å². The van der Waals surface area contributed by atoms with Crippen molar-refractivity contribution >= 4 is 34.7 Å². The highest BCUT2D eigenvalue weighted by Crippen LogP contribution is 2.42. The van der Waals surface area contributed by atoms with Crippen LogP contribution in [0.4, 0.5) is 8.78 Å². The predicted octanol–water partition coefficient (Wildman–Crippen LogP) is 4.82. The second-order valence-electron chi connectivity index (χ2n) is 5.83. The van der Waals surface area contributed by atoms with Gasteiger partial charge in [0, 0.05) is 33.9 Å². The van der Waals surface area contributed by atoms with Gasteiger partial charge in [-0.05, 0) is 36.6 Å². The average molecular weight is 383 g/mol. The molecule has 1 heterocycles. The van der Waals surface area contributed by atoms with Crippen LogP contribution >= 0.6 is 23.2 Å². The van der Waals surface area contributed by atoms with E-state index in [4.69, 9.17) is 23.2 Å². The van der Waals surface area contributed by atoms with Crippen molar-refractivity contribution < 1.29 is 13.6 Å². The van der Waals surface area contributed by atoms with Gasteiger partial charge in [-0.2, -0.15) is 0 Å². The molecule has 0 radical (unpaired) electrons. The van der Waals surface area contributed by atoms with E-state index in [1.54, 1.807) is 6.07 Å². The third kappa shape index (κ3) is 3.26. The number of amides is 1. The summed E-state index contributed by atoms with van der Waals surface area (Å²) in [5.41, 5.74) is -0.952. The summed E-state index contributed by atoms with van der Waals surface area (Å²) in [6, 6.07) is 5.53. The van der Waals surface area contributed by atoms with Crippen LogP contribution in [0, 0.1) is 5.82 Å². The third-order valence-electron chi connectivity index (χ3n) is 4.23. The van der Waals surface area contributed by atoms with Gasteiger partial charge in [0.05, 0.1) is 5.69 Å². The Morgan fingerprint density at radius 3 is 2.88 bits per heavy atom. The number of halogens is 4. The van der Waals surface area contributed by atoms with Crippen molar-refractivity contribution in [3.05, 3.63) is 69.7 Å². The molecule has 1 atom stereocenters. The molecule has 1 N–H and O–H groups in total. The largest absolute Gasteiger partial charge is 0.349 e. The van der Waals surface area contributed by atoms with Crippen LogP contribution in [0.5, 0.6) is 0 Å². The molecule has 1 amide bonds. The van der Waals surface area contributed by atoms with Crippen LogP contribution in [0.1, 0.15) is 29.7 Å². The molecule has 1 aliphatic carbocycles. The minimum atomic E-state index is -2.25. The van der Waals surface area contributed by atoms with Crippen LogP contribution < -0.4 is 5.32 Å². The number of nitrogens with zero attached hydrogens (tertiary/aromatic N) is 1. The second-order valence-corrected chi connectivity index (χ2v) is 6.68. The fourth-order valence-corrected chi connectivity index (χ4v) is 3.40. The lowest BCUT2D eigenvalue weighted by Crippen LogP contribution is -2.43. The number of allylic oxidation sites excluding steroid dienone is 1. The maximum Gasteiger partial charge on any atom is 0.262 e. The topological polar surface area (TPSA) is 42.0 Å². The van der Waals surface area contributed by atoms with E-state index in [9.17, 15) is 9.18 Å². The van der Waals surface area contributed by atoms with Crippen LogP contribution in [-0.2, 0) is 17.0 Å². The number of hydrogen-bond donors (Lipinski definition) is 1. The maximum atomic E-state index is 15.5. The maximum absolute atomic E-state index is 15.5. The van der Waals surface area contributed by atoms with Gasteiger partial charge in [0.15, 0.2) is 0 Å². The van der Waals surface area contributed by atoms with E-state index in [-0.39, 0.29) is 34.1 Å². The molecule has 0 unspecified atom stereocenters. The molecule has 3 nitrogen and oxygen atoms in total. The van der Waals surface area contributed by atoms with Gasteiger partial charge >= 0.3 is 0 Å². The number of aromatic nitrogens is 1. The number of pyridine rings is 1. The molecule has 0 spiro atoms. The summed E-state index contributed by atoms with van der Waals surface area (Å²) in [6.07, 6.45) is 1.79. The lowest BCUT2D eigenvalue weighted by molar-refractivity contribution is -0.134. The van der Waals surface area contributed by atoms with Crippen molar-refractivity contribution in [2.45, 2.75) is 25.1 Å². The smallest absolute Gasteiger partial charge is 0.262 e. The molecule has 1 aromatic carbocycles. The zero-order chi connectivity index (χ0) is 18.2. The van der Waals surface area contributed by atoms with E-state index in [0.717, 1.165) is 6.07 Å². The lowest BCUT2D eigenvalue weighted by Gasteiger charge is -2.31. The molecule has 0 saturated carbocycles. The number of rotatable bonds is 3. The van der Waals surface area contributed by atoms with Gasteiger partial charge in [-0.15, -0.1) is 0 Å². The Balaban J connectivity index is 1.85. The van der Waals surface area contributed by atoms with E-state index in [2.05, 4.69) is 16.9 Å². The minimum Gasteiger partial charge on any atom is -0.349 e. The Labute approximate surface area is 153 Å². The van der Waals surface area contributed by atoms with Gasteiger partial charge in [0.1, 0.15) is 5.82 Å². The summed E-state index contributed by atoms with van der Waals surface area (Å²) < 4.78 is 29.4. The monoisotopic (exact) mass is 382 g/mol. The van der Waals surface area contributed by atoms with E-state index in [1.807, 2.05) is 0 Å². The molecule has 0 aliphatic heterocycles. The molecule has 0 saturated heterocycles. The zero-order valence-corrected chi connectivity index (χ0v) is 14.6. The van der Waals surface area contributed by atoms with E-state index < -0.39 is 17.4 Å². The Morgan fingerprint density at radius 1 is 1.40 bits per heavy atom. The van der Waals surface area contributed by atoms with E-state index in [1.165, 1.54) is 18.3 Å². The van der Waals surface area contributed by atoms with Crippen LogP contribution in [0.25, 0.3) is 5.57 Å². The first kappa shape index (κ1) is 17.8. The van der Waals surface area contributed by atoms with Gasteiger partial charge in [-0.25, -0.2) is 8.78 Å². The van der Waals surface area contributed by atoms with Gasteiger partial charge < -0.3 is 5.32 Å². The van der Waals surface area contributed by atoms with Crippen molar-refractivity contribution in [1.82, 2.24) is 10.3 Å². The van der Waals surface area contributed by atoms with E-state index in [0.29, 0.717) is 17.7 Å². The standard InChI is InChI=1S/C18H14Cl2F2N2O/c1-10-4-5-18(22,13-3-2-6-23-16(10)13)17(25)24-9-12-14(20)7-11(19)8-15(12)21/h2-3,6-8H,1,4-5,9H2,(H,24,25)/t18-/m0/s1. The predicted molar refractivity (Wildman–Crippen MR) is 93.6 cm³/mol. The van der Waals surface area contributed by atoms with Crippen molar-refractivity contribution in [2.24, 2.45) is 0 Å². The second kappa shape index (κ2) is 6.73. The molecule has 1 aromatic heterocycles. The SMILES string of the molecule is C=C1CC[C@@](F)(C(=O)NCc2c(F)cc(Cl)cc2Cl)c2cccnc21. The fourth-order valence-electron chi connectivity index (χ4n) is 2.87. The summed E-state index contributed by atoms with van der Waals surface area (Å²) >= 11 is 11.7. The third-order valence-corrected chi connectivity index (χ3v) is 4.79. The highest BCUT2D eigenvalue weighted by atomic mass is 35.5. The highest BCUT2D eigenvalue weighted by Gasteiger charge is 2.45. The van der Waals surface area contributed by atoms with Crippen molar-refractivity contribution in [2.75, 3.05) is 0 Å². The first-order valence-corrected chi connectivity index (χ1v) is 8.33. The first-order valence-electron chi connectivity index (χ1n) is 7.57. The van der Waals surface area contributed by atoms with Gasteiger partial charge in [0.25, 0.3) is 5.91 Å². The Kier molecular flexibility index (Phi) is 4.80. The quantitative estimate of drug-likeness (QED) is 0.826. The molecular weight excluding hydrogens is 369 g/mol. The minimum absolute atomic E-state index is 0.0484. The molecule has 3 rings (SSSR count). The summed E-state index contributed by atoms with van der Waals surface area (Å²) in [5, 5.41) is 2.64. The number of carbonyl (C=O) groups excluding carboxylic acids is 1. The summed E-state index contributed by atoms with van der Waals surface area (Å²) in [7, 11) is 0. The molecule has 7 heteroatoms. The summed E-state index contributed by atoms with van der Waals surface area (Å²) in [4.78, 5) is 16.6. The van der Waals surface area contributed by atoms with Gasteiger partial charge in [-0.3, -0.25) is 9.78 Å².